The molecular formula is C19H24N2OS. The number of nitrogens with zero attached hydrogens (tertiary/aromatic N) is 1. The molecule has 0 bridgehead atoms. The molecule has 1 aliphatic heterocycles. The van der Waals surface area contributed by atoms with Crippen LogP contribution in [0.25, 0.3) is 0 Å². The third kappa shape index (κ3) is 3.94. The van der Waals surface area contributed by atoms with Crippen molar-refractivity contribution in [2.75, 3.05) is 11.9 Å². The van der Waals surface area contributed by atoms with E-state index in [1.807, 2.05) is 40.5 Å². The summed E-state index contributed by atoms with van der Waals surface area (Å²) in [7, 11) is 0. The average Bonchev–Trinajstić information content (AvgIpc) is 2.82. The van der Waals surface area contributed by atoms with E-state index in [2.05, 4.69) is 31.3 Å². The second-order valence-corrected chi connectivity index (χ2v) is 7.62. The van der Waals surface area contributed by atoms with E-state index < -0.39 is 0 Å². The number of carbonyl (C=O) groups excluding carboxylic acids is 1. The van der Waals surface area contributed by atoms with E-state index in [4.69, 9.17) is 0 Å². The molecule has 1 saturated heterocycles. The van der Waals surface area contributed by atoms with Gasteiger partial charge in [-0.15, -0.1) is 11.3 Å². The number of hydrogen-bond acceptors (Lipinski definition) is 2. The molecule has 0 radical (unpaired) electrons. The molecule has 1 aromatic heterocycles. The molecule has 1 aromatic carbocycles. The maximum Gasteiger partial charge on any atom is 0.322 e. The lowest BCUT2D eigenvalue weighted by Gasteiger charge is -2.29. The Hall–Kier alpha value is -1.81. The van der Waals surface area contributed by atoms with Crippen LogP contribution in [-0.2, 0) is 0 Å². The first-order chi connectivity index (χ1) is 11.1. The van der Waals surface area contributed by atoms with Crippen LogP contribution in [0.2, 0.25) is 0 Å². The number of rotatable bonds is 2. The molecule has 0 spiro atoms. The lowest BCUT2D eigenvalue weighted by Crippen LogP contribution is -2.37. The second kappa shape index (κ2) is 7.18. The van der Waals surface area contributed by atoms with Gasteiger partial charge in [0.25, 0.3) is 0 Å². The van der Waals surface area contributed by atoms with Crippen LogP contribution in [0.3, 0.4) is 0 Å². The summed E-state index contributed by atoms with van der Waals surface area (Å²) in [6.07, 6.45) is 4.54. The highest BCUT2D eigenvalue weighted by molar-refractivity contribution is 7.12. The molecular weight excluding hydrogens is 304 g/mol. The minimum absolute atomic E-state index is 0.0202. The van der Waals surface area contributed by atoms with Gasteiger partial charge < -0.3 is 10.2 Å². The van der Waals surface area contributed by atoms with Crippen molar-refractivity contribution in [2.24, 2.45) is 0 Å². The number of likely N-dealkylation sites (tertiary alicyclic amines) is 1. The summed E-state index contributed by atoms with van der Waals surface area (Å²) in [6.45, 7) is 5.01. The summed E-state index contributed by atoms with van der Waals surface area (Å²) >= 11 is 1.81. The standard InChI is InChI=1S/C19H24N2OS/c1-14-7-10-16(11-8-14)20-19(22)21-13-5-3-4-6-17(21)18-12-9-15(2)23-18/h7-12,17H,3-6,13H2,1-2H3,(H,20,22). The van der Waals surface area contributed by atoms with Gasteiger partial charge in [-0.2, -0.15) is 0 Å². The number of amides is 2. The zero-order chi connectivity index (χ0) is 16.2. The molecule has 1 aliphatic rings. The minimum Gasteiger partial charge on any atom is -0.317 e. The first-order valence-electron chi connectivity index (χ1n) is 8.34. The third-order valence-electron chi connectivity index (χ3n) is 4.41. The molecule has 3 rings (SSSR count). The Morgan fingerprint density at radius 1 is 1.09 bits per heavy atom. The van der Waals surface area contributed by atoms with Gasteiger partial charge in [0, 0.05) is 22.0 Å². The SMILES string of the molecule is Cc1ccc(NC(=O)N2CCCCCC2c2ccc(C)s2)cc1. The van der Waals surface area contributed by atoms with Crippen LogP contribution in [0.5, 0.6) is 0 Å². The predicted octanol–water partition coefficient (Wildman–Crippen LogP) is 5.51. The molecule has 1 unspecified atom stereocenters. The van der Waals surface area contributed by atoms with Crippen molar-refractivity contribution in [3.63, 3.8) is 0 Å². The fourth-order valence-electron chi connectivity index (χ4n) is 3.11. The molecule has 0 saturated carbocycles. The number of carbonyl (C=O) groups is 1. The van der Waals surface area contributed by atoms with Crippen LogP contribution in [0.4, 0.5) is 10.5 Å². The van der Waals surface area contributed by atoms with E-state index in [0.717, 1.165) is 25.1 Å². The van der Waals surface area contributed by atoms with Gasteiger partial charge in [0.15, 0.2) is 0 Å². The molecule has 4 heteroatoms. The van der Waals surface area contributed by atoms with E-state index in [9.17, 15) is 4.79 Å². The summed E-state index contributed by atoms with van der Waals surface area (Å²) in [5.74, 6) is 0. The van der Waals surface area contributed by atoms with Crippen molar-refractivity contribution >= 4 is 23.1 Å². The van der Waals surface area contributed by atoms with Crippen molar-refractivity contribution < 1.29 is 4.79 Å². The van der Waals surface area contributed by atoms with Gasteiger partial charge in [0.05, 0.1) is 6.04 Å². The predicted molar refractivity (Wildman–Crippen MR) is 97.2 cm³/mol. The van der Waals surface area contributed by atoms with Crippen molar-refractivity contribution in [3.8, 4) is 0 Å². The van der Waals surface area contributed by atoms with E-state index in [1.165, 1.54) is 28.2 Å². The number of anilines is 1. The molecule has 0 aliphatic carbocycles. The van der Waals surface area contributed by atoms with Crippen molar-refractivity contribution in [1.82, 2.24) is 4.90 Å². The topological polar surface area (TPSA) is 32.3 Å². The minimum atomic E-state index is 0.0202. The maximum absolute atomic E-state index is 12.8. The number of nitrogens with one attached hydrogen (secondary N) is 1. The fraction of sp³-hybridized carbons (Fsp3) is 0.421. The molecule has 1 atom stereocenters. The average molecular weight is 328 g/mol. The normalized spacial score (nSPS) is 18.5. The third-order valence-corrected chi connectivity index (χ3v) is 5.51. The van der Waals surface area contributed by atoms with Gasteiger partial charge in [-0.3, -0.25) is 0 Å². The van der Waals surface area contributed by atoms with Crippen LogP contribution < -0.4 is 5.32 Å². The molecule has 23 heavy (non-hydrogen) atoms. The maximum atomic E-state index is 12.8. The molecule has 1 fully saturated rings. The molecule has 2 aromatic rings. The first kappa shape index (κ1) is 16.1. The summed E-state index contributed by atoms with van der Waals surface area (Å²) in [4.78, 5) is 17.5. The van der Waals surface area contributed by atoms with E-state index in [-0.39, 0.29) is 12.1 Å². The largest absolute Gasteiger partial charge is 0.322 e. The molecule has 2 heterocycles. The number of thiophene rings is 1. The molecule has 122 valence electrons. The number of aryl methyl sites for hydroxylation is 2. The Balaban J connectivity index is 1.78. The van der Waals surface area contributed by atoms with Gasteiger partial charge in [-0.05, 0) is 51.0 Å². The van der Waals surface area contributed by atoms with Crippen LogP contribution in [0, 0.1) is 13.8 Å². The lowest BCUT2D eigenvalue weighted by molar-refractivity contribution is 0.190. The summed E-state index contributed by atoms with van der Waals surface area (Å²) in [6, 6.07) is 12.6. The monoisotopic (exact) mass is 328 g/mol. The quantitative estimate of drug-likeness (QED) is 0.774. The Labute approximate surface area is 142 Å². The van der Waals surface area contributed by atoms with Gasteiger partial charge in [0.1, 0.15) is 0 Å². The Kier molecular flexibility index (Phi) is 5.01. The molecule has 3 nitrogen and oxygen atoms in total. The number of benzene rings is 1. The number of urea groups is 1. The van der Waals surface area contributed by atoms with E-state index in [0.29, 0.717) is 0 Å². The van der Waals surface area contributed by atoms with Crippen molar-refractivity contribution in [3.05, 3.63) is 51.7 Å². The second-order valence-electron chi connectivity index (χ2n) is 6.30. The highest BCUT2D eigenvalue weighted by Crippen LogP contribution is 2.34. The zero-order valence-corrected chi connectivity index (χ0v) is 14.7. The smallest absolute Gasteiger partial charge is 0.317 e. The lowest BCUT2D eigenvalue weighted by atomic mass is 10.1. The van der Waals surface area contributed by atoms with Gasteiger partial charge in [-0.1, -0.05) is 30.5 Å². The number of hydrogen-bond donors (Lipinski definition) is 1. The van der Waals surface area contributed by atoms with Crippen LogP contribution in [0.1, 0.15) is 47.0 Å². The Bertz CT molecular complexity index is 662. The zero-order valence-electron chi connectivity index (χ0n) is 13.8. The van der Waals surface area contributed by atoms with E-state index in [1.54, 1.807) is 0 Å². The van der Waals surface area contributed by atoms with Gasteiger partial charge >= 0.3 is 6.03 Å². The van der Waals surface area contributed by atoms with Gasteiger partial charge in [0.2, 0.25) is 0 Å². The van der Waals surface area contributed by atoms with Crippen LogP contribution in [-0.4, -0.2) is 17.5 Å². The Morgan fingerprint density at radius 3 is 2.57 bits per heavy atom. The summed E-state index contributed by atoms with van der Waals surface area (Å²) in [5.41, 5.74) is 2.07. The van der Waals surface area contributed by atoms with Crippen molar-refractivity contribution in [2.45, 2.75) is 45.6 Å². The molecule has 1 N–H and O–H groups in total. The van der Waals surface area contributed by atoms with Crippen molar-refractivity contribution in [1.29, 1.82) is 0 Å². The fourth-order valence-corrected chi connectivity index (χ4v) is 4.14. The summed E-state index contributed by atoms with van der Waals surface area (Å²) in [5, 5.41) is 3.06. The van der Waals surface area contributed by atoms with Crippen LogP contribution >= 0.6 is 11.3 Å². The highest BCUT2D eigenvalue weighted by atomic mass is 32.1. The Morgan fingerprint density at radius 2 is 1.87 bits per heavy atom. The van der Waals surface area contributed by atoms with Crippen LogP contribution in [0.15, 0.2) is 36.4 Å². The molecule has 2 amide bonds. The highest BCUT2D eigenvalue weighted by Gasteiger charge is 2.27. The first-order valence-corrected chi connectivity index (χ1v) is 9.16. The summed E-state index contributed by atoms with van der Waals surface area (Å²) < 4.78 is 0. The van der Waals surface area contributed by atoms with Gasteiger partial charge in [-0.25, -0.2) is 4.79 Å². The van der Waals surface area contributed by atoms with E-state index >= 15 is 0 Å².